The minimum atomic E-state index is 0.812. The van der Waals surface area contributed by atoms with Gasteiger partial charge in [0.15, 0.2) is 0 Å². The molecule has 0 spiro atoms. The molecule has 2 aromatic rings. The van der Waals surface area contributed by atoms with E-state index in [2.05, 4.69) is 15.5 Å². The number of allylic oxidation sites excluding steroid dienone is 1. The Bertz CT molecular complexity index is 514. The highest BCUT2D eigenvalue weighted by Crippen LogP contribution is 2.13. The maximum atomic E-state index is 4.24. The van der Waals surface area contributed by atoms with Gasteiger partial charge >= 0.3 is 0 Å². The molecule has 0 aliphatic heterocycles. The summed E-state index contributed by atoms with van der Waals surface area (Å²) in [6, 6.07) is 10.1. The Kier molecular flexibility index (Phi) is 4.05. The van der Waals surface area contributed by atoms with E-state index >= 15 is 0 Å². The van der Waals surface area contributed by atoms with Gasteiger partial charge in [0.05, 0.1) is 5.69 Å². The average Bonchev–Trinajstić information content (AvgIpc) is 2.76. The molecule has 86 valence electrons. The number of hydrazone groups is 1. The van der Waals surface area contributed by atoms with Gasteiger partial charge in [-0.05, 0) is 18.6 Å². The van der Waals surface area contributed by atoms with Crippen molar-refractivity contribution in [1.82, 2.24) is 4.98 Å². The molecule has 1 aromatic heterocycles. The van der Waals surface area contributed by atoms with Crippen LogP contribution in [0.4, 0.5) is 5.13 Å². The Morgan fingerprint density at radius 1 is 1.29 bits per heavy atom. The lowest BCUT2D eigenvalue weighted by atomic mass is 10.2. The minimum Gasteiger partial charge on any atom is -0.253 e. The van der Waals surface area contributed by atoms with Crippen LogP contribution in [0.15, 0.2) is 46.9 Å². The monoisotopic (exact) mass is 243 g/mol. The third kappa shape index (κ3) is 3.85. The van der Waals surface area contributed by atoms with E-state index in [9.17, 15) is 0 Å². The lowest BCUT2D eigenvalue weighted by Gasteiger charge is -1.90. The molecule has 1 N–H and O–H groups in total. The van der Waals surface area contributed by atoms with Crippen molar-refractivity contribution in [2.24, 2.45) is 5.10 Å². The van der Waals surface area contributed by atoms with Crippen molar-refractivity contribution in [2.45, 2.75) is 6.92 Å². The molecule has 2 rings (SSSR count). The normalized spacial score (nSPS) is 11.4. The van der Waals surface area contributed by atoms with E-state index in [0.717, 1.165) is 16.4 Å². The van der Waals surface area contributed by atoms with Crippen LogP contribution in [-0.2, 0) is 0 Å². The topological polar surface area (TPSA) is 37.3 Å². The molecule has 0 aliphatic rings. The summed E-state index contributed by atoms with van der Waals surface area (Å²) < 4.78 is 0. The van der Waals surface area contributed by atoms with Crippen LogP contribution in [0.2, 0.25) is 0 Å². The van der Waals surface area contributed by atoms with Gasteiger partial charge in [0.25, 0.3) is 0 Å². The van der Waals surface area contributed by atoms with E-state index in [1.54, 1.807) is 17.6 Å². The molecule has 0 saturated carbocycles. The van der Waals surface area contributed by atoms with Crippen LogP contribution in [-0.4, -0.2) is 11.2 Å². The molecule has 0 unspecified atom stereocenters. The number of hydrogen-bond acceptors (Lipinski definition) is 4. The third-order valence-electron chi connectivity index (χ3n) is 2.03. The summed E-state index contributed by atoms with van der Waals surface area (Å²) in [6.45, 7) is 1.96. The van der Waals surface area contributed by atoms with Crippen LogP contribution in [0.1, 0.15) is 11.3 Å². The number of anilines is 1. The first-order valence-corrected chi connectivity index (χ1v) is 6.15. The number of aryl methyl sites for hydroxylation is 1. The smallest absolute Gasteiger partial charge is 0.203 e. The Morgan fingerprint density at radius 2 is 2.12 bits per heavy atom. The number of nitrogens with one attached hydrogen (secondary N) is 1. The summed E-state index contributed by atoms with van der Waals surface area (Å²) in [4.78, 5) is 4.24. The van der Waals surface area contributed by atoms with Crippen molar-refractivity contribution < 1.29 is 0 Å². The van der Waals surface area contributed by atoms with Gasteiger partial charge in [0.1, 0.15) is 0 Å². The summed E-state index contributed by atoms with van der Waals surface area (Å²) >= 11 is 1.54. The molecule has 4 heteroatoms. The molecule has 0 amide bonds. The fraction of sp³-hybridized carbons (Fsp3) is 0.0769. The van der Waals surface area contributed by atoms with Crippen LogP contribution in [0.25, 0.3) is 6.08 Å². The molecule has 0 bridgehead atoms. The molecule has 17 heavy (non-hydrogen) atoms. The van der Waals surface area contributed by atoms with Crippen molar-refractivity contribution in [3.63, 3.8) is 0 Å². The van der Waals surface area contributed by atoms with E-state index in [1.165, 1.54) is 0 Å². The van der Waals surface area contributed by atoms with Gasteiger partial charge in [-0.25, -0.2) is 4.98 Å². The van der Waals surface area contributed by atoms with Gasteiger partial charge in [-0.3, -0.25) is 5.43 Å². The summed E-state index contributed by atoms with van der Waals surface area (Å²) in [5.41, 5.74) is 5.04. The number of hydrogen-bond donors (Lipinski definition) is 1. The second kappa shape index (κ2) is 5.96. The molecule has 0 aliphatic carbocycles. The van der Waals surface area contributed by atoms with Gasteiger partial charge in [-0.1, -0.05) is 36.4 Å². The summed E-state index contributed by atoms with van der Waals surface area (Å²) in [7, 11) is 0. The van der Waals surface area contributed by atoms with Crippen molar-refractivity contribution in [3.05, 3.63) is 53.0 Å². The van der Waals surface area contributed by atoms with E-state index < -0.39 is 0 Å². The quantitative estimate of drug-likeness (QED) is 0.658. The molecule has 0 radical (unpaired) electrons. The van der Waals surface area contributed by atoms with E-state index in [4.69, 9.17) is 0 Å². The lowest BCUT2D eigenvalue weighted by Crippen LogP contribution is -1.86. The lowest BCUT2D eigenvalue weighted by molar-refractivity contribution is 1.22. The number of aromatic nitrogens is 1. The SMILES string of the molecule is Cc1csc(N/N=C/C=C/c2ccccc2)n1. The molecule has 0 fully saturated rings. The second-order valence-corrected chi connectivity index (χ2v) is 4.31. The van der Waals surface area contributed by atoms with Gasteiger partial charge in [0.2, 0.25) is 5.13 Å². The van der Waals surface area contributed by atoms with Crippen molar-refractivity contribution >= 4 is 28.8 Å². The zero-order valence-electron chi connectivity index (χ0n) is 9.50. The summed E-state index contributed by atoms with van der Waals surface area (Å²) in [5, 5.41) is 6.85. The number of rotatable bonds is 4. The molecule has 3 nitrogen and oxygen atoms in total. The average molecular weight is 243 g/mol. The van der Waals surface area contributed by atoms with Crippen LogP contribution in [0.3, 0.4) is 0 Å². The maximum Gasteiger partial charge on any atom is 0.203 e. The highest BCUT2D eigenvalue weighted by atomic mass is 32.1. The van der Waals surface area contributed by atoms with Crippen molar-refractivity contribution in [1.29, 1.82) is 0 Å². The van der Waals surface area contributed by atoms with Crippen molar-refractivity contribution in [3.8, 4) is 0 Å². The molecular formula is C13H13N3S. The zero-order valence-corrected chi connectivity index (χ0v) is 10.3. The molecular weight excluding hydrogens is 230 g/mol. The summed E-state index contributed by atoms with van der Waals surface area (Å²) in [5.74, 6) is 0. The Balaban J connectivity index is 1.84. The first kappa shape index (κ1) is 11.5. The van der Waals surface area contributed by atoms with Gasteiger partial charge in [0, 0.05) is 11.6 Å². The van der Waals surface area contributed by atoms with Crippen LogP contribution < -0.4 is 5.43 Å². The minimum absolute atomic E-state index is 0.812. The summed E-state index contributed by atoms with van der Waals surface area (Å²) in [6.07, 6.45) is 5.60. The third-order valence-corrected chi connectivity index (χ3v) is 2.89. The number of nitrogens with zero attached hydrogens (tertiary/aromatic N) is 2. The maximum absolute atomic E-state index is 4.24. The standard InChI is InChI=1S/C13H13N3S/c1-11-10-17-13(15-11)16-14-9-5-8-12-6-3-2-4-7-12/h2-10H,1H3,(H,15,16)/b8-5+,14-9+. The van der Waals surface area contributed by atoms with Gasteiger partial charge in [-0.2, -0.15) is 5.10 Å². The zero-order chi connectivity index (χ0) is 11.9. The highest BCUT2D eigenvalue weighted by Gasteiger charge is 1.93. The Labute approximate surface area is 105 Å². The van der Waals surface area contributed by atoms with Crippen LogP contribution in [0, 0.1) is 6.92 Å². The predicted molar refractivity (Wildman–Crippen MR) is 74.4 cm³/mol. The fourth-order valence-electron chi connectivity index (χ4n) is 1.26. The molecule has 1 aromatic carbocycles. The second-order valence-electron chi connectivity index (χ2n) is 3.45. The number of benzene rings is 1. The van der Waals surface area contributed by atoms with E-state index in [1.807, 2.05) is 54.8 Å². The highest BCUT2D eigenvalue weighted by molar-refractivity contribution is 7.13. The van der Waals surface area contributed by atoms with E-state index in [0.29, 0.717) is 0 Å². The largest absolute Gasteiger partial charge is 0.253 e. The molecule has 0 saturated heterocycles. The predicted octanol–water partition coefficient (Wildman–Crippen LogP) is 3.56. The number of thiazole rings is 1. The van der Waals surface area contributed by atoms with Gasteiger partial charge < -0.3 is 0 Å². The molecule has 1 heterocycles. The first-order valence-electron chi connectivity index (χ1n) is 5.27. The fourth-order valence-corrected chi connectivity index (χ4v) is 1.90. The van der Waals surface area contributed by atoms with Gasteiger partial charge in [-0.15, -0.1) is 11.3 Å². The first-order chi connectivity index (χ1) is 8.34. The van der Waals surface area contributed by atoms with Crippen molar-refractivity contribution in [2.75, 3.05) is 5.43 Å². The molecule has 0 atom stereocenters. The Hall–Kier alpha value is -1.94. The van der Waals surface area contributed by atoms with Crippen LogP contribution in [0.5, 0.6) is 0 Å². The Morgan fingerprint density at radius 3 is 2.82 bits per heavy atom. The van der Waals surface area contributed by atoms with Crippen LogP contribution >= 0.6 is 11.3 Å². The van der Waals surface area contributed by atoms with E-state index in [-0.39, 0.29) is 0 Å².